The van der Waals surface area contributed by atoms with Crippen molar-refractivity contribution in [2.24, 2.45) is 5.92 Å². The Morgan fingerprint density at radius 2 is 1.81 bits per heavy atom. The summed E-state index contributed by atoms with van der Waals surface area (Å²) in [6, 6.07) is 0.487. The Balaban J connectivity index is 1.59. The summed E-state index contributed by atoms with van der Waals surface area (Å²) >= 11 is 0. The van der Waals surface area contributed by atoms with Gasteiger partial charge in [0.05, 0.1) is 0 Å². The second kappa shape index (κ2) is 6.24. The van der Waals surface area contributed by atoms with Gasteiger partial charge in [0.2, 0.25) is 5.91 Å². The van der Waals surface area contributed by atoms with Crippen LogP contribution < -0.4 is 10.6 Å². The second-order valence-electron chi connectivity index (χ2n) is 5.28. The molecule has 16 heavy (non-hydrogen) atoms. The van der Waals surface area contributed by atoms with E-state index < -0.39 is 0 Å². The molecule has 92 valence electrons. The zero-order valence-corrected chi connectivity index (χ0v) is 10.1. The van der Waals surface area contributed by atoms with Crippen molar-refractivity contribution in [3.05, 3.63) is 0 Å². The zero-order chi connectivity index (χ0) is 11.2. The highest BCUT2D eigenvalue weighted by atomic mass is 16.1. The lowest BCUT2D eigenvalue weighted by Crippen LogP contribution is -2.33. The van der Waals surface area contributed by atoms with Crippen LogP contribution in [0.15, 0.2) is 0 Å². The molecule has 1 heterocycles. The van der Waals surface area contributed by atoms with E-state index in [2.05, 4.69) is 10.6 Å². The first-order chi connectivity index (χ1) is 7.84. The number of rotatable bonds is 4. The van der Waals surface area contributed by atoms with E-state index >= 15 is 0 Å². The van der Waals surface area contributed by atoms with Crippen LogP contribution in [0.2, 0.25) is 0 Å². The molecule has 1 saturated heterocycles. The van der Waals surface area contributed by atoms with Crippen molar-refractivity contribution in [1.82, 2.24) is 10.6 Å². The van der Waals surface area contributed by atoms with E-state index in [1.807, 2.05) is 0 Å². The van der Waals surface area contributed by atoms with Gasteiger partial charge in [0, 0.05) is 12.5 Å². The van der Waals surface area contributed by atoms with Gasteiger partial charge in [-0.2, -0.15) is 0 Å². The molecular weight excluding hydrogens is 200 g/mol. The maximum absolute atomic E-state index is 11.7. The number of hydrogen-bond donors (Lipinski definition) is 2. The molecule has 1 saturated carbocycles. The number of carbonyl (C=O) groups excluding carboxylic acids is 1. The third kappa shape index (κ3) is 3.78. The first-order valence-corrected chi connectivity index (χ1v) is 6.84. The monoisotopic (exact) mass is 224 g/mol. The van der Waals surface area contributed by atoms with Gasteiger partial charge in [0.25, 0.3) is 0 Å². The standard InChI is InChI=1S/C13H24N2O/c16-13(15-12-3-1-2-4-12)6-5-11-7-9-14-10-8-11/h11-12,14H,1-10H2,(H,15,16). The SMILES string of the molecule is O=C(CCC1CCNCC1)NC1CCCC1. The highest BCUT2D eigenvalue weighted by molar-refractivity contribution is 5.76. The fourth-order valence-electron chi connectivity index (χ4n) is 2.88. The van der Waals surface area contributed by atoms with E-state index in [0.717, 1.165) is 31.8 Å². The molecule has 2 aliphatic rings. The Morgan fingerprint density at radius 3 is 2.50 bits per heavy atom. The maximum Gasteiger partial charge on any atom is 0.220 e. The van der Waals surface area contributed by atoms with Crippen molar-refractivity contribution >= 4 is 5.91 Å². The van der Waals surface area contributed by atoms with Crippen LogP contribution in [0.25, 0.3) is 0 Å². The minimum Gasteiger partial charge on any atom is -0.353 e. The summed E-state index contributed by atoms with van der Waals surface area (Å²) in [6.45, 7) is 2.27. The van der Waals surface area contributed by atoms with Gasteiger partial charge in [0.1, 0.15) is 0 Å². The van der Waals surface area contributed by atoms with Crippen molar-refractivity contribution in [1.29, 1.82) is 0 Å². The Bertz CT molecular complexity index is 218. The molecule has 2 rings (SSSR count). The predicted molar refractivity (Wildman–Crippen MR) is 65.2 cm³/mol. The summed E-state index contributed by atoms with van der Waals surface area (Å²) in [7, 11) is 0. The fraction of sp³-hybridized carbons (Fsp3) is 0.923. The molecule has 1 aliphatic heterocycles. The molecule has 1 amide bonds. The molecule has 0 aromatic rings. The molecule has 0 aromatic heterocycles. The quantitative estimate of drug-likeness (QED) is 0.765. The minimum absolute atomic E-state index is 0.283. The van der Waals surface area contributed by atoms with Gasteiger partial charge in [-0.1, -0.05) is 12.8 Å². The van der Waals surface area contributed by atoms with Gasteiger partial charge in [-0.3, -0.25) is 4.79 Å². The van der Waals surface area contributed by atoms with E-state index in [1.54, 1.807) is 0 Å². The first-order valence-electron chi connectivity index (χ1n) is 6.84. The summed E-state index contributed by atoms with van der Waals surface area (Å²) in [5.41, 5.74) is 0. The summed E-state index contributed by atoms with van der Waals surface area (Å²) in [5, 5.41) is 6.52. The highest BCUT2D eigenvalue weighted by Gasteiger charge is 2.18. The molecule has 2 N–H and O–H groups in total. The molecule has 0 atom stereocenters. The van der Waals surface area contributed by atoms with Gasteiger partial charge in [-0.15, -0.1) is 0 Å². The molecule has 0 aromatic carbocycles. The number of hydrogen-bond acceptors (Lipinski definition) is 2. The average Bonchev–Trinajstić information content (AvgIpc) is 2.81. The van der Waals surface area contributed by atoms with Crippen molar-refractivity contribution in [3.8, 4) is 0 Å². The summed E-state index contributed by atoms with van der Waals surface area (Å²) in [5.74, 6) is 1.06. The normalized spacial score (nSPS) is 23.5. The van der Waals surface area contributed by atoms with Crippen LogP contribution in [-0.4, -0.2) is 25.0 Å². The van der Waals surface area contributed by atoms with Crippen LogP contribution in [0.1, 0.15) is 51.4 Å². The van der Waals surface area contributed by atoms with E-state index in [1.165, 1.54) is 38.5 Å². The topological polar surface area (TPSA) is 41.1 Å². The minimum atomic E-state index is 0.283. The molecule has 0 spiro atoms. The molecule has 1 aliphatic carbocycles. The van der Waals surface area contributed by atoms with Gasteiger partial charge in [-0.05, 0) is 51.1 Å². The van der Waals surface area contributed by atoms with E-state index in [9.17, 15) is 4.79 Å². The van der Waals surface area contributed by atoms with Crippen LogP contribution in [0.3, 0.4) is 0 Å². The lowest BCUT2D eigenvalue weighted by Gasteiger charge is -2.22. The number of amides is 1. The van der Waals surface area contributed by atoms with Gasteiger partial charge < -0.3 is 10.6 Å². The average molecular weight is 224 g/mol. The Morgan fingerprint density at radius 1 is 1.12 bits per heavy atom. The third-order valence-corrected chi connectivity index (χ3v) is 3.96. The molecule has 3 heteroatoms. The molecule has 0 radical (unpaired) electrons. The molecular formula is C13H24N2O. The van der Waals surface area contributed by atoms with Crippen LogP contribution >= 0.6 is 0 Å². The van der Waals surface area contributed by atoms with E-state index in [0.29, 0.717) is 6.04 Å². The summed E-state index contributed by atoms with van der Waals surface area (Å²) < 4.78 is 0. The molecule has 0 unspecified atom stereocenters. The maximum atomic E-state index is 11.7. The number of carbonyl (C=O) groups is 1. The molecule has 0 bridgehead atoms. The first kappa shape index (κ1) is 11.9. The van der Waals surface area contributed by atoms with Gasteiger partial charge >= 0.3 is 0 Å². The smallest absolute Gasteiger partial charge is 0.220 e. The van der Waals surface area contributed by atoms with Crippen molar-refractivity contribution in [2.75, 3.05) is 13.1 Å². The molecule has 2 fully saturated rings. The Labute approximate surface area is 98.4 Å². The van der Waals surface area contributed by atoms with Crippen LogP contribution in [0, 0.1) is 5.92 Å². The van der Waals surface area contributed by atoms with Crippen molar-refractivity contribution in [3.63, 3.8) is 0 Å². The lowest BCUT2D eigenvalue weighted by atomic mass is 9.93. The Kier molecular flexibility index (Phi) is 4.64. The largest absolute Gasteiger partial charge is 0.353 e. The Hall–Kier alpha value is -0.570. The van der Waals surface area contributed by atoms with Crippen molar-refractivity contribution in [2.45, 2.75) is 57.4 Å². The van der Waals surface area contributed by atoms with Gasteiger partial charge in [0.15, 0.2) is 0 Å². The fourth-order valence-corrected chi connectivity index (χ4v) is 2.88. The highest BCUT2D eigenvalue weighted by Crippen LogP contribution is 2.20. The van der Waals surface area contributed by atoms with Crippen LogP contribution in [0.4, 0.5) is 0 Å². The zero-order valence-electron chi connectivity index (χ0n) is 10.1. The molecule has 3 nitrogen and oxygen atoms in total. The second-order valence-corrected chi connectivity index (χ2v) is 5.28. The van der Waals surface area contributed by atoms with Crippen LogP contribution in [0.5, 0.6) is 0 Å². The number of nitrogens with one attached hydrogen (secondary N) is 2. The van der Waals surface area contributed by atoms with Crippen molar-refractivity contribution < 1.29 is 4.79 Å². The third-order valence-electron chi connectivity index (χ3n) is 3.96. The van der Waals surface area contributed by atoms with Gasteiger partial charge in [-0.25, -0.2) is 0 Å². The summed E-state index contributed by atoms with van der Waals surface area (Å²) in [4.78, 5) is 11.7. The predicted octanol–water partition coefficient (Wildman–Crippen LogP) is 1.82. The van der Waals surface area contributed by atoms with E-state index in [-0.39, 0.29) is 5.91 Å². The number of piperidine rings is 1. The van der Waals surface area contributed by atoms with E-state index in [4.69, 9.17) is 0 Å². The van der Waals surface area contributed by atoms with Crippen LogP contribution in [-0.2, 0) is 4.79 Å². The lowest BCUT2D eigenvalue weighted by molar-refractivity contribution is -0.122. The summed E-state index contributed by atoms with van der Waals surface area (Å²) in [6.07, 6.45) is 9.28.